The van der Waals surface area contributed by atoms with Gasteiger partial charge in [0.25, 0.3) is 10.0 Å². The fourth-order valence-electron chi connectivity index (χ4n) is 2.11. The van der Waals surface area contributed by atoms with Crippen molar-refractivity contribution in [3.8, 4) is 11.5 Å². The molecule has 136 valence electrons. The molecular formula is C16H19NO6S2. The van der Waals surface area contributed by atoms with Crippen LogP contribution in [0.2, 0.25) is 0 Å². The Morgan fingerprint density at radius 2 is 1.84 bits per heavy atom. The van der Waals surface area contributed by atoms with Crippen molar-refractivity contribution in [3.63, 3.8) is 0 Å². The number of carbonyl (C=O) groups is 1. The van der Waals surface area contributed by atoms with E-state index in [1.807, 2.05) is 0 Å². The van der Waals surface area contributed by atoms with E-state index in [4.69, 9.17) is 14.2 Å². The molecule has 0 unspecified atom stereocenters. The van der Waals surface area contributed by atoms with Crippen LogP contribution in [0, 0.1) is 6.92 Å². The molecule has 0 spiro atoms. The summed E-state index contributed by atoms with van der Waals surface area (Å²) in [6.07, 6.45) is 0. The summed E-state index contributed by atoms with van der Waals surface area (Å²) >= 11 is 1.03. The van der Waals surface area contributed by atoms with E-state index in [0.717, 1.165) is 11.3 Å². The highest BCUT2D eigenvalue weighted by Crippen LogP contribution is 2.32. The van der Waals surface area contributed by atoms with Crippen LogP contribution in [0.5, 0.6) is 11.5 Å². The molecular weight excluding hydrogens is 366 g/mol. The van der Waals surface area contributed by atoms with Gasteiger partial charge < -0.3 is 14.2 Å². The molecule has 0 amide bonds. The molecule has 0 aliphatic heterocycles. The molecule has 7 nitrogen and oxygen atoms in total. The number of hydrogen-bond acceptors (Lipinski definition) is 7. The largest absolute Gasteiger partial charge is 0.493 e. The topological polar surface area (TPSA) is 90.9 Å². The molecule has 0 saturated carbocycles. The van der Waals surface area contributed by atoms with Gasteiger partial charge in [-0.15, -0.1) is 11.3 Å². The van der Waals surface area contributed by atoms with E-state index in [-0.39, 0.29) is 11.5 Å². The number of nitrogens with one attached hydrogen (secondary N) is 1. The van der Waals surface area contributed by atoms with Crippen LogP contribution in [0.3, 0.4) is 0 Å². The molecule has 2 aromatic rings. The maximum Gasteiger partial charge on any atom is 0.348 e. The van der Waals surface area contributed by atoms with Gasteiger partial charge in [-0.25, -0.2) is 13.2 Å². The molecule has 1 heterocycles. The number of hydrogen-bond donors (Lipinski definition) is 1. The lowest BCUT2D eigenvalue weighted by Crippen LogP contribution is -2.12. The molecule has 0 aliphatic carbocycles. The van der Waals surface area contributed by atoms with Crippen LogP contribution in [0.15, 0.2) is 29.2 Å². The first-order chi connectivity index (χ1) is 11.8. The van der Waals surface area contributed by atoms with Crippen molar-refractivity contribution in [1.29, 1.82) is 0 Å². The minimum absolute atomic E-state index is 0.0221. The van der Waals surface area contributed by atoms with E-state index < -0.39 is 16.0 Å². The van der Waals surface area contributed by atoms with Crippen LogP contribution >= 0.6 is 11.3 Å². The number of carbonyl (C=O) groups excluding carboxylic acids is 1. The number of methoxy groups -OCH3 is 2. The fraction of sp³-hybridized carbons (Fsp3) is 0.312. The maximum absolute atomic E-state index is 12.6. The van der Waals surface area contributed by atoms with Crippen molar-refractivity contribution in [1.82, 2.24) is 0 Å². The Morgan fingerprint density at radius 3 is 2.44 bits per heavy atom. The lowest BCUT2D eigenvalue weighted by molar-refractivity contribution is 0.0531. The van der Waals surface area contributed by atoms with E-state index in [1.54, 1.807) is 19.9 Å². The Hall–Kier alpha value is -2.26. The number of aryl methyl sites for hydroxylation is 1. The van der Waals surface area contributed by atoms with Crippen molar-refractivity contribution < 1.29 is 27.4 Å². The summed E-state index contributed by atoms with van der Waals surface area (Å²) in [5, 5.41) is 0.329. The predicted molar refractivity (Wildman–Crippen MR) is 95.4 cm³/mol. The third-order valence-electron chi connectivity index (χ3n) is 3.28. The molecule has 0 radical (unpaired) electrons. The molecule has 2 rings (SSSR count). The highest BCUT2D eigenvalue weighted by Gasteiger charge is 2.21. The normalized spacial score (nSPS) is 11.0. The second kappa shape index (κ2) is 7.75. The molecule has 0 fully saturated rings. The van der Waals surface area contributed by atoms with Crippen LogP contribution in [0.1, 0.15) is 22.2 Å². The second-order valence-corrected chi connectivity index (χ2v) is 7.70. The molecule has 0 aliphatic rings. The fourth-order valence-corrected chi connectivity index (χ4v) is 4.37. The third-order valence-corrected chi connectivity index (χ3v) is 5.90. The van der Waals surface area contributed by atoms with Gasteiger partial charge in [0.15, 0.2) is 11.5 Å². The Kier molecular flexibility index (Phi) is 5.91. The van der Waals surface area contributed by atoms with Crippen LogP contribution < -0.4 is 14.2 Å². The van der Waals surface area contributed by atoms with E-state index in [9.17, 15) is 13.2 Å². The van der Waals surface area contributed by atoms with Crippen molar-refractivity contribution in [2.45, 2.75) is 18.7 Å². The number of sulfonamides is 1. The molecule has 1 N–H and O–H groups in total. The van der Waals surface area contributed by atoms with E-state index in [2.05, 4.69) is 4.72 Å². The molecule has 1 aromatic carbocycles. The van der Waals surface area contributed by atoms with Gasteiger partial charge in [0, 0.05) is 6.07 Å². The highest BCUT2D eigenvalue weighted by molar-refractivity contribution is 7.93. The quantitative estimate of drug-likeness (QED) is 0.737. The zero-order valence-electron chi connectivity index (χ0n) is 14.3. The number of benzene rings is 1. The molecule has 0 saturated heterocycles. The maximum atomic E-state index is 12.6. The predicted octanol–water partition coefficient (Wildman–Crippen LogP) is 3.05. The van der Waals surface area contributed by atoms with Gasteiger partial charge >= 0.3 is 5.97 Å². The lowest BCUT2D eigenvalue weighted by atomic mass is 10.3. The van der Waals surface area contributed by atoms with Gasteiger partial charge in [-0.1, -0.05) is 0 Å². The van der Waals surface area contributed by atoms with Crippen LogP contribution in [0.25, 0.3) is 0 Å². The first-order valence-electron chi connectivity index (χ1n) is 7.34. The Bertz CT molecular complexity index is 873. The van der Waals surface area contributed by atoms with Crippen molar-refractivity contribution in [3.05, 3.63) is 34.7 Å². The van der Waals surface area contributed by atoms with Crippen molar-refractivity contribution in [2.24, 2.45) is 0 Å². The third kappa shape index (κ3) is 4.23. The summed E-state index contributed by atoms with van der Waals surface area (Å²) in [6, 6.07) is 5.89. The minimum atomic E-state index is -3.84. The Morgan fingerprint density at radius 1 is 1.16 bits per heavy atom. The summed E-state index contributed by atoms with van der Waals surface area (Å²) in [6.45, 7) is 3.68. The first-order valence-corrected chi connectivity index (χ1v) is 9.64. The lowest BCUT2D eigenvalue weighted by Gasteiger charge is -2.10. The number of esters is 1. The summed E-state index contributed by atoms with van der Waals surface area (Å²) in [5.74, 6) is 0.263. The van der Waals surface area contributed by atoms with Gasteiger partial charge in [-0.2, -0.15) is 0 Å². The zero-order chi connectivity index (χ0) is 18.6. The zero-order valence-corrected chi connectivity index (χ0v) is 15.9. The van der Waals surface area contributed by atoms with Crippen LogP contribution in [0.4, 0.5) is 5.00 Å². The first kappa shape index (κ1) is 19.1. The van der Waals surface area contributed by atoms with Crippen LogP contribution in [-0.4, -0.2) is 35.2 Å². The average Bonchev–Trinajstić information content (AvgIpc) is 2.94. The number of rotatable bonds is 7. The summed E-state index contributed by atoms with van der Waals surface area (Å²) < 4.78 is 42.8. The average molecular weight is 385 g/mol. The summed E-state index contributed by atoms with van der Waals surface area (Å²) in [4.78, 5) is 12.2. The molecule has 0 atom stereocenters. The molecule has 1 aromatic heterocycles. The van der Waals surface area contributed by atoms with Gasteiger partial charge in [0.05, 0.1) is 25.7 Å². The second-order valence-electron chi connectivity index (χ2n) is 4.97. The van der Waals surface area contributed by atoms with E-state index in [0.29, 0.717) is 26.9 Å². The van der Waals surface area contributed by atoms with Crippen molar-refractivity contribution >= 4 is 32.3 Å². The van der Waals surface area contributed by atoms with Gasteiger partial charge in [0.1, 0.15) is 9.88 Å². The van der Waals surface area contributed by atoms with Gasteiger partial charge in [-0.3, -0.25) is 4.72 Å². The SMILES string of the molecule is CCOC(=O)c1sc(NS(=O)(=O)c2ccc(OC)c(OC)c2)cc1C. The standard InChI is InChI=1S/C16H19NO6S2/c1-5-23-16(18)15-10(2)8-14(24-15)17-25(19,20)11-6-7-12(21-3)13(9-11)22-4/h6-9,17H,5H2,1-4H3. The number of thiophene rings is 1. The molecule has 25 heavy (non-hydrogen) atoms. The van der Waals surface area contributed by atoms with Gasteiger partial charge in [-0.05, 0) is 37.6 Å². The van der Waals surface area contributed by atoms with Gasteiger partial charge in [0.2, 0.25) is 0 Å². The minimum Gasteiger partial charge on any atom is -0.493 e. The monoisotopic (exact) mass is 385 g/mol. The smallest absolute Gasteiger partial charge is 0.348 e. The van der Waals surface area contributed by atoms with Crippen molar-refractivity contribution in [2.75, 3.05) is 25.5 Å². The number of ether oxygens (including phenoxy) is 3. The van der Waals surface area contributed by atoms with E-state index in [1.165, 1.54) is 32.4 Å². The summed E-state index contributed by atoms with van der Waals surface area (Å²) in [7, 11) is -0.945. The number of anilines is 1. The van der Waals surface area contributed by atoms with E-state index >= 15 is 0 Å². The summed E-state index contributed by atoms with van der Waals surface area (Å²) in [5.41, 5.74) is 0.647. The highest BCUT2D eigenvalue weighted by atomic mass is 32.2. The molecule has 9 heteroatoms. The van der Waals surface area contributed by atoms with Crippen LogP contribution in [-0.2, 0) is 14.8 Å². The Balaban J connectivity index is 2.30. The Labute approximate surface area is 150 Å². The molecule has 0 bridgehead atoms.